The van der Waals surface area contributed by atoms with E-state index < -0.39 is 61.7 Å². The highest BCUT2D eigenvalue weighted by Gasteiger charge is 2.62. The third-order valence-corrected chi connectivity index (χ3v) is 7.26. The average molecular weight is 525 g/mol. The van der Waals surface area contributed by atoms with Crippen LogP contribution in [0.3, 0.4) is 0 Å². The van der Waals surface area contributed by atoms with Crippen LogP contribution in [0.15, 0.2) is 52.2 Å². The Kier molecular flexibility index (Phi) is 7.51. The molecule has 2 aliphatic rings. The van der Waals surface area contributed by atoms with Crippen molar-refractivity contribution < 1.29 is 37.7 Å². The van der Waals surface area contributed by atoms with Crippen LogP contribution in [-0.4, -0.2) is 63.8 Å². The van der Waals surface area contributed by atoms with Gasteiger partial charge in [0.25, 0.3) is 5.56 Å². The van der Waals surface area contributed by atoms with Gasteiger partial charge in [0.15, 0.2) is 6.23 Å². The number of ether oxygens (including phenoxy) is 3. The van der Waals surface area contributed by atoms with Gasteiger partial charge in [-0.25, -0.2) is 9.36 Å². The van der Waals surface area contributed by atoms with Crippen molar-refractivity contribution in [1.82, 2.24) is 14.6 Å². The number of rotatable bonds is 10. The molecule has 14 heteroatoms. The van der Waals surface area contributed by atoms with E-state index in [1.807, 2.05) is 0 Å². The number of hydrogen-bond donors (Lipinski definition) is 3. The smallest absolute Gasteiger partial charge is 0.459 e. The fraction of sp³-hybridized carbons (Fsp3) is 0.500. The molecular formula is C22H28N3O10P. The molecule has 1 aromatic carbocycles. The SMILES string of the molecule is CC(C)OC(=O)[C@H](C)N[P@](=O)(OC[C@@]12CO[C@@H]([C@H](n3ccc(=O)[nH]c3=O)O1)[C@@H]2O)Oc1ccccc1. The first kappa shape index (κ1) is 26.3. The zero-order valence-electron chi connectivity index (χ0n) is 19.9. The molecule has 3 heterocycles. The number of aromatic nitrogens is 2. The number of benzene rings is 1. The number of hydrogen-bond acceptors (Lipinski definition) is 10. The van der Waals surface area contributed by atoms with Crippen molar-refractivity contribution in [3.05, 3.63) is 63.4 Å². The monoisotopic (exact) mass is 525 g/mol. The largest absolute Gasteiger partial charge is 0.462 e. The minimum absolute atomic E-state index is 0.121. The van der Waals surface area contributed by atoms with Crippen LogP contribution in [0.4, 0.5) is 0 Å². The van der Waals surface area contributed by atoms with Crippen molar-refractivity contribution in [2.24, 2.45) is 0 Å². The Morgan fingerprint density at radius 2 is 2.00 bits per heavy atom. The van der Waals surface area contributed by atoms with Crippen LogP contribution in [-0.2, 0) is 28.1 Å². The zero-order valence-corrected chi connectivity index (χ0v) is 20.8. The molecule has 1 aromatic heterocycles. The van der Waals surface area contributed by atoms with Gasteiger partial charge in [0.05, 0.1) is 19.3 Å². The maximum atomic E-state index is 13.7. The number of carbonyl (C=O) groups is 1. The molecule has 2 fully saturated rings. The van der Waals surface area contributed by atoms with Gasteiger partial charge in [-0.15, -0.1) is 0 Å². The fourth-order valence-corrected chi connectivity index (χ4v) is 5.44. The van der Waals surface area contributed by atoms with Gasteiger partial charge in [0.2, 0.25) is 0 Å². The molecule has 0 amide bonds. The van der Waals surface area contributed by atoms with Crippen molar-refractivity contribution in [3.63, 3.8) is 0 Å². The number of esters is 1. The van der Waals surface area contributed by atoms with Gasteiger partial charge >= 0.3 is 19.4 Å². The second kappa shape index (κ2) is 10.3. The molecule has 0 aliphatic carbocycles. The number of aliphatic hydroxyl groups excluding tert-OH is 1. The highest BCUT2D eigenvalue weighted by Crippen LogP contribution is 2.50. The average Bonchev–Trinajstić information content (AvgIpc) is 3.27. The highest BCUT2D eigenvalue weighted by molar-refractivity contribution is 7.52. The minimum atomic E-state index is -4.23. The Morgan fingerprint density at radius 3 is 2.67 bits per heavy atom. The summed E-state index contributed by atoms with van der Waals surface area (Å²) in [4.78, 5) is 38.1. The highest BCUT2D eigenvalue weighted by atomic mass is 31.2. The fourth-order valence-electron chi connectivity index (χ4n) is 3.90. The molecule has 2 aliphatic heterocycles. The van der Waals surface area contributed by atoms with Gasteiger partial charge in [-0.3, -0.25) is 23.7 Å². The van der Waals surface area contributed by atoms with Gasteiger partial charge < -0.3 is 23.8 Å². The zero-order chi connectivity index (χ0) is 26.1. The lowest BCUT2D eigenvalue weighted by Crippen LogP contribution is -2.46. The second-order valence-corrected chi connectivity index (χ2v) is 10.5. The number of fused-ring (bicyclic) bond motifs is 2. The van der Waals surface area contributed by atoms with Crippen molar-refractivity contribution >= 4 is 13.7 Å². The van der Waals surface area contributed by atoms with Crippen LogP contribution in [0.25, 0.3) is 0 Å². The molecule has 2 bridgehead atoms. The van der Waals surface area contributed by atoms with E-state index in [4.69, 9.17) is 23.3 Å². The lowest BCUT2D eigenvalue weighted by Gasteiger charge is -2.32. The van der Waals surface area contributed by atoms with Crippen molar-refractivity contribution in [3.8, 4) is 5.75 Å². The molecule has 13 nitrogen and oxygen atoms in total. The predicted molar refractivity (Wildman–Crippen MR) is 124 cm³/mol. The van der Waals surface area contributed by atoms with E-state index in [1.54, 1.807) is 44.2 Å². The third-order valence-electron chi connectivity index (χ3n) is 5.64. The van der Waals surface area contributed by atoms with Gasteiger partial charge in [-0.05, 0) is 32.9 Å². The molecule has 2 aromatic rings. The van der Waals surface area contributed by atoms with E-state index in [9.17, 15) is 24.1 Å². The Balaban J connectivity index is 1.54. The predicted octanol–water partition coefficient (Wildman–Crippen LogP) is 0.697. The van der Waals surface area contributed by atoms with E-state index in [0.717, 1.165) is 10.6 Å². The van der Waals surface area contributed by atoms with E-state index in [0.29, 0.717) is 0 Å². The summed E-state index contributed by atoms with van der Waals surface area (Å²) >= 11 is 0. The topological polar surface area (TPSA) is 167 Å². The summed E-state index contributed by atoms with van der Waals surface area (Å²) in [5, 5.41) is 13.4. The van der Waals surface area contributed by atoms with Crippen molar-refractivity contribution in [2.45, 2.75) is 57.0 Å². The van der Waals surface area contributed by atoms with Crippen molar-refractivity contribution in [1.29, 1.82) is 0 Å². The van der Waals surface area contributed by atoms with E-state index >= 15 is 0 Å². The number of aromatic amines is 1. The molecule has 2 saturated heterocycles. The molecule has 0 saturated carbocycles. The summed E-state index contributed by atoms with van der Waals surface area (Å²) in [5.74, 6) is -0.455. The molecule has 196 valence electrons. The minimum Gasteiger partial charge on any atom is -0.462 e. The summed E-state index contributed by atoms with van der Waals surface area (Å²) in [6, 6.07) is 8.26. The van der Waals surface area contributed by atoms with Gasteiger partial charge in [0.1, 0.15) is 29.6 Å². The Morgan fingerprint density at radius 1 is 1.28 bits per heavy atom. The standard InChI is InChI=1S/C22H28N3O10P/c1-13(2)33-20(28)14(3)24-36(30,35-15-7-5-4-6-8-15)32-12-22-11-31-17(18(22)27)19(34-22)25-10-9-16(26)23-21(25)29/h4-10,13-14,17-19,27H,11-12H2,1-3H3,(H,24,30)(H,23,26,29)/t14-,17+,18-,19+,22+,36-/m0/s1. The number of aliphatic hydroxyl groups is 1. The maximum absolute atomic E-state index is 13.7. The van der Waals surface area contributed by atoms with Crippen LogP contribution < -0.4 is 20.9 Å². The normalized spacial score (nSPS) is 27.5. The van der Waals surface area contributed by atoms with E-state index in [1.165, 1.54) is 13.1 Å². The summed E-state index contributed by atoms with van der Waals surface area (Å²) in [5.41, 5.74) is -2.83. The van der Waals surface area contributed by atoms with E-state index in [-0.39, 0.29) is 18.5 Å². The Bertz CT molecular complexity index is 1250. The second-order valence-electron chi connectivity index (χ2n) is 8.82. The molecule has 6 atom stereocenters. The lowest BCUT2D eigenvalue weighted by atomic mass is 10.0. The maximum Gasteiger partial charge on any atom is 0.459 e. The number of nitrogens with one attached hydrogen (secondary N) is 2. The summed E-state index contributed by atoms with van der Waals surface area (Å²) < 4.78 is 42.8. The van der Waals surface area contributed by atoms with Crippen LogP contribution in [0, 0.1) is 0 Å². The van der Waals surface area contributed by atoms with Crippen LogP contribution in [0.5, 0.6) is 5.75 Å². The summed E-state index contributed by atoms with van der Waals surface area (Å²) in [7, 11) is -4.23. The van der Waals surface area contributed by atoms with Gasteiger partial charge in [-0.1, -0.05) is 18.2 Å². The number of para-hydroxylation sites is 1. The number of carbonyl (C=O) groups excluding carboxylic acids is 1. The molecular weight excluding hydrogens is 497 g/mol. The summed E-state index contributed by atoms with van der Waals surface area (Å²) in [6.45, 7) is 4.22. The number of nitrogens with zero attached hydrogens (tertiary/aromatic N) is 1. The number of H-pyrrole nitrogens is 1. The van der Waals surface area contributed by atoms with Crippen LogP contribution in [0.1, 0.15) is 27.0 Å². The first-order valence-corrected chi connectivity index (χ1v) is 12.8. The molecule has 0 spiro atoms. The Labute approximate surface area is 205 Å². The van der Waals surface area contributed by atoms with E-state index in [2.05, 4.69) is 10.1 Å². The Hall–Kier alpha value is -2.80. The lowest BCUT2D eigenvalue weighted by molar-refractivity contribution is -0.185. The first-order chi connectivity index (χ1) is 17.0. The van der Waals surface area contributed by atoms with Crippen molar-refractivity contribution in [2.75, 3.05) is 13.2 Å². The van der Waals surface area contributed by atoms with Crippen LogP contribution in [0.2, 0.25) is 0 Å². The quantitative estimate of drug-likeness (QED) is 0.295. The van der Waals surface area contributed by atoms with Gasteiger partial charge in [0, 0.05) is 12.3 Å². The molecule has 3 N–H and O–H groups in total. The molecule has 36 heavy (non-hydrogen) atoms. The first-order valence-electron chi connectivity index (χ1n) is 11.3. The third kappa shape index (κ3) is 5.46. The van der Waals surface area contributed by atoms with Gasteiger partial charge in [-0.2, -0.15) is 5.09 Å². The molecule has 0 radical (unpaired) electrons. The summed E-state index contributed by atoms with van der Waals surface area (Å²) in [6.07, 6.45) is -2.43. The molecule has 4 rings (SSSR count). The molecule has 0 unspecified atom stereocenters. The van der Waals surface area contributed by atoms with Crippen LogP contribution >= 0.6 is 7.75 Å².